The maximum Gasteiger partial charge on any atom is 0.280 e. The topological polar surface area (TPSA) is 168 Å². The number of nitrogens with one attached hydrogen (secondary N) is 3. The zero-order valence-electron chi connectivity index (χ0n) is 17.3. The highest BCUT2D eigenvalue weighted by Gasteiger charge is 2.18. The van der Waals surface area contributed by atoms with Crippen molar-refractivity contribution in [2.24, 2.45) is 0 Å². The van der Waals surface area contributed by atoms with Crippen LogP contribution in [0.5, 0.6) is 0 Å². The molecule has 6 N–H and O–H groups in total. The van der Waals surface area contributed by atoms with Crippen molar-refractivity contribution in [2.45, 2.75) is 25.5 Å². The second-order valence-corrected chi connectivity index (χ2v) is 7.84. The second-order valence-electron chi connectivity index (χ2n) is 7.84. The number of imidazole rings is 1. The Hall–Kier alpha value is -2.70. The van der Waals surface area contributed by atoms with Gasteiger partial charge in [0.25, 0.3) is 5.56 Å². The predicted octanol–water partition coefficient (Wildman–Crippen LogP) is -5.21. The summed E-state index contributed by atoms with van der Waals surface area (Å²) in [7, 11) is 5.81. The Kier molecular flexibility index (Phi) is 9.21. The van der Waals surface area contributed by atoms with Crippen LogP contribution < -0.4 is 34.3 Å². The SMILES string of the molecule is C[N+](C)(C)CC(O)CC(=O)NCCNC(=O)CCn1cnc2c(=O)[nH]c(N)nc21.[Cl-]. The number of nitrogens with zero attached hydrogens (tertiary/aromatic N) is 4. The van der Waals surface area contributed by atoms with E-state index in [1.807, 2.05) is 21.1 Å². The number of hydrogen-bond acceptors (Lipinski definition) is 7. The monoisotopic (exact) mass is 444 g/mol. The van der Waals surface area contributed by atoms with Crippen LogP contribution in [0.15, 0.2) is 11.1 Å². The molecule has 0 aliphatic carbocycles. The van der Waals surface area contributed by atoms with E-state index in [1.54, 1.807) is 4.57 Å². The van der Waals surface area contributed by atoms with Gasteiger partial charge in [0.1, 0.15) is 12.6 Å². The van der Waals surface area contributed by atoms with Gasteiger partial charge in [-0.25, -0.2) is 4.98 Å². The van der Waals surface area contributed by atoms with Crippen LogP contribution in [-0.4, -0.2) is 87.8 Å². The Labute approximate surface area is 179 Å². The van der Waals surface area contributed by atoms with E-state index in [2.05, 4.69) is 25.6 Å². The van der Waals surface area contributed by atoms with Gasteiger partial charge in [-0.1, -0.05) is 0 Å². The molecule has 0 saturated carbocycles. The molecule has 0 saturated heterocycles. The normalized spacial score (nSPS) is 12.3. The number of aliphatic hydroxyl groups excluding tert-OH is 1. The molecule has 30 heavy (non-hydrogen) atoms. The predicted molar refractivity (Wildman–Crippen MR) is 107 cm³/mol. The summed E-state index contributed by atoms with van der Waals surface area (Å²) < 4.78 is 2.14. The van der Waals surface area contributed by atoms with E-state index in [9.17, 15) is 19.5 Å². The van der Waals surface area contributed by atoms with Crippen molar-refractivity contribution in [3.63, 3.8) is 0 Å². The fourth-order valence-corrected chi connectivity index (χ4v) is 2.83. The molecule has 2 aromatic rings. The van der Waals surface area contributed by atoms with Crippen molar-refractivity contribution in [3.8, 4) is 0 Å². The lowest BCUT2D eigenvalue weighted by Crippen LogP contribution is -3.00. The van der Waals surface area contributed by atoms with Crippen LogP contribution in [0.2, 0.25) is 0 Å². The summed E-state index contributed by atoms with van der Waals surface area (Å²) in [4.78, 5) is 45.9. The lowest BCUT2D eigenvalue weighted by Gasteiger charge is -2.26. The van der Waals surface area contributed by atoms with Crippen molar-refractivity contribution in [1.29, 1.82) is 0 Å². The zero-order valence-corrected chi connectivity index (χ0v) is 18.1. The Morgan fingerprint density at radius 3 is 2.53 bits per heavy atom. The third kappa shape index (κ3) is 7.97. The third-order valence-electron chi connectivity index (χ3n) is 4.02. The molecule has 1 atom stereocenters. The second kappa shape index (κ2) is 10.9. The lowest BCUT2D eigenvalue weighted by molar-refractivity contribution is -0.873. The van der Waals surface area contributed by atoms with Gasteiger partial charge in [0.15, 0.2) is 11.2 Å². The van der Waals surface area contributed by atoms with Gasteiger partial charge in [-0.15, -0.1) is 0 Å². The van der Waals surface area contributed by atoms with E-state index in [-0.39, 0.29) is 68.2 Å². The maximum atomic E-state index is 12.0. The van der Waals surface area contributed by atoms with Crippen LogP contribution in [0.3, 0.4) is 0 Å². The van der Waals surface area contributed by atoms with Gasteiger partial charge in [-0.05, 0) is 0 Å². The number of hydrogen-bond donors (Lipinski definition) is 5. The fourth-order valence-electron chi connectivity index (χ4n) is 2.83. The van der Waals surface area contributed by atoms with E-state index < -0.39 is 11.7 Å². The van der Waals surface area contributed by atoms with Crippen LogP contribution in [-0.2, 0) is 16.1 Å². The first kappa shape index (κ1) is 25.3. The summed E-state index contributed by atoms with van der Waals surface area (Å²) in [6.45, 7) is 1.29. The molecule has 0 aliphatic heterocycles. The Bertz CT molecular complexity index is 921. The number of aromatic nitrogens is 4. The standard InChI is InChI=1S/C17H28N8O4.ClH/c1-25(2,3)9-11(26)8-13(28)20-6-5-19-12(27)4-7-24-10-21-14-15(24)22-17(18)23-16(14)29;/h10-11,26H,4-9H2,1-3H3,(H4-,18,19,20,22,23,27,28,29);1H. The van der Waals surface area contributed by atoms with Crippen molar-refractivity contribution >= 4 is 28.9 Å². The first-order valence-electron chi connectivity index (χ1n) is 9.27. The van der Waals surface area contributed by atoms with Crippen LogP contribution in [0.1, 0.15) is 12.8 Å². The summed E-state index contributed by atoms with van der Waals surface area (Å²) in [5, 5.41) is 15.2. The molecule has 0 spiro atoms. The number of carbonyl (C=O) groups is 2. The summed E-state index contributed by atoms with van der Waals surface area (Å²) in [6.07, 6.45) is 0.883. The number of fused-ring (bicyclic) bond motifs is 1. The number of quaternary nitrogens is 1. The molecule has 2 rings (SSSR count). The number of carbonyl (C=O) groups excluding carboxylic acids is 2. The zero-order chi connectivity index (χ0) is 21.6. The smallest absolute Gasteiger partial charge is 0.280 e. The molecule has 0 aromatic carbocycles. The molecular weight excluding hydrogens is 416 g/mol. The van der Waals surface area contributed by atoms with E-state index >= 15 is 0 Å². The van der Waals surface area contributed by atoms with Gasteiger partial charge in [0.2, 0.25) is 17.8 Å². The van der Waals surface area contributed by atoms with E-state index in [1.165, 1.54) is 6.33 Å². The van der Waals surface area contributed by atoms with Crippen molar-refractivity contribution < 1.29 is 31.6 Å². The van der Waals surface area contributed by atoms with Crippen LogP contribution in [0.25, 0.3) is 11.2 Å². The minimum Gasteiger partial charge on any atom is -1.00 e. The van der Waals surface area contributed by atoms with Gasteiger partial charge in [0.05, 0.1) is 33.9 Å². The summed E-state index contributed by atoms with van der Waals surface area (Å²) in [5.74, 6) is -0.501. The van der Waals surface area contributed by atoms with Crippen LogP contribution in [0, 0.1) is 0 Å². The average molecular weight is 445 g/mol. The number of anilines is 1. The van der Waals surface area contributed by atoms with Gasteiger partial charge in [0, 0.05) is 26.1 Å². The number of aliphatic hydroxyl groups is 1. The maximum absolute atomic E-state index is 12.0. The number of amides is 2. The molecule has 2 aromatic heterocycles. The highest BCUT2D eigenvalue weighted by atomic mass is 35.5. The van der Waals surface area contributed by atoms with Crippen molar-refractivity contribution in [3.05, 3.63) is 16.7 Å². The fraction of sp³-hybridized carbons (Fsp3) is 0.588. The van der Waals surface area contributed by atoms with Crippen molar-refractivity contribution in [2.75, 3.05) is 46.5 Å². The lowest BCUT2D eigenvalue weighted by atomic mass is 10.2. The van der Waals surface area contributed by atoms with Gasteiger partial charge in [-0.3, -0.25) is 19.4 Å². The molecule has 1 unspecified atom stereocenters. The Morgan fingerprint density at radius 1 is 1.27 bits per heavy atom. The van der Waals surface area contributed by atoms with Crippen LogP contribution >= 0.6 is 0 Å². The van der Waals surface area contributed by atoms with Gasteiger partial charge in [-0.2, -0.15) is 4.98 Å². The summed E-state index contributed by atoms with van der Waals surface area (Å²) in [6, 6.07) is 0. The largest absolute Gasteiger partial charge is 1.00 e. The molecule has 2 heterocycles. The minimum absolute atomic E-state index is 0. The van der Waals surface area contributed by atoms with Gasteiger partial charge >= 0.3 is 0 Å². The molecule has 12 nitrogen and oxygen atoms in total. The Balaban J connectivity index is 0.00000450. The highest BCUT2D eigenvalue weighted by molar-refractivity contribution is 5.77. The first-order chi connectivity index (χ1) is 13.5. The summed E-state index contributed by atoms with van der Waals surface area (Å²) >= 11 is 0. The van der Waals surface area contributed by atoms with E-state index in [4.69, 9.17) is 5.73 Å². The molecule has 168 valence electrons. The number of nitrogen functional groups attached to an aromatic ring is 1. The molecule has 0 fully saturated rings. The first-order valence-corrected chi connectivity index (χ1v) is 9.27. The van der Waals surface area contributed by atoms with Crippen LogP contribution in [0.4, 0.5) is 5.95 Å². The number of halogens is 1. The molecule has 0 aliphatic rings. The number of likely N-dealkylation sites (N-methyl/N-ethyl adjacent to an activating group) is 1. The number of nitrogens with two attached hydrogens (primary N) is 1. The molecule has 2 amide bonds. The molecule has 0 bridgehead atoms. The average Bonchev–Trinajstić information content (AvgIpc) is 2.98. The third-order valence-corrected chi connectivity index (χ3v) is 4.02. The number of rotatable bonds is 10. The highest BCUT2D eigenvalue weighted by Crippen LogP contribution is 2.07. The Morgan fingerprint density at radius 2 is 1.90 bits per heavy atom. The van der Waals surface area contributed by atoms with E-state index in [0.717, 1.165) is 0 Å². The van der Waals surface area contributed by atoms with Crippen molar-refractivity contribution in [1.82, 2.24) is 30.2 Å². The van der Waals surface area contributed by atoms with E-state index in [0.29, 0.717) is 16.7 Å². The number of aromatic amines is 1. The number of aryl methyl sites for hydroxylation is 1. The van der Waals surface area contributed by atoms with Gasteiger partial charge < -0.3 is 42.9 Å². The minimum atomic E-state index is -0.718. The molecule has 0 radical (unpaired) electrons. The number of H-pyrrole nitrogens is 1. The molecular formula is C17H29ClN8O4. The summed E-state index contributed by atoms with van der Waals surface area (Å²) in [5.41, 5.74) is 5.58. The quantitative estimate of drug-likeness (QED) is 0.180. The molecule has 13 heteroatoms.